The highest BCUT2D eigenvalue weighted by molar-refractivity contribution is 5.17. The minimum atomic E-state index is 0.727. The number of hydrogen-bond donors (Lipinski definition) is 0. The molecule has 2 aliphatic carbocycles. The SMILES string of the molecule is CCCCCCCC1CCC(C2CCC(c3ccc(CCCCC)cn3)CC2)CC1. The first-order valence-electron chi connectivity index (χ1n) is 13.7. The van der Waals surface area contributed by atoms with Crippen LogP contribution in [-0.2, 0) is 6.42 Å². The summed E-state index contributed by atoms with van der Waals surface area (Å²) in [6.07, 6.45) is 27.9. The molecule has 0 N–H and O–H groups in total. The molecule has 0 aromatic carbocycles. The lowest BCUT2D eigenvalue weighted by Crippen LogP contribution is -2.25. The Morgan fingerprint density at radius 3 is 1.97 bits per heavy atom. The van der Waals surface area contributed by atoms with Crippen LogP contribution in [0.2, 0.25) is 0 Å². The van der Waals surface area contributed by atoms with Gasteiger partial charge in [0.2, 0.25) is 0 Å². The van der Waals surface area contributed by atoms with Gasteiger partial charge in [-0.15, -0.1) is 0 Å². The van der Waals surface area contributed by atoms with Crippen LogP contribution >= 0.6 is 0 Å². The summed E-state index contributed by atoms with van der Waals surface area (Å²) in [5.41, 5.74) is 2.81. The van der Waals surface area contributed by atoms with Crippen molar-refractivity contribution in [3.8, 4) is 0 Å². The number of nitrogens with zero attached hydrogens (tertiary/aromatic N) is 1. The number of rotatable bonds is 12. The van der Waals surface area contributed by atoms with Gasteiger partial charge in [-0.2, -0.15) is 0 Å². The third-order valence-corrected chi connectivity index (χ3v) is 8.38. The van der Waals surface area contributed by atoms with Crippen LogP contribution in [0.25, 0.3) is 0 Å². The van der Waals surface area contributed by atoms with Gasteiger partial charge in [-0.05, 0) is 80.8 Å². The average molecular weight is 412 g/mol. The van der Waals surface area contributed by atoms with Crippen molar-refractivity contribution in [2.75, 3.05) is 0 Å². The molecule has 0 bridgehead atoms. The van der Waals surface area contributed by atoms with E-state index in [4.69, 9.17) is 4.98 Å². The van der Waals surface area contributed by atoms with Crippen LogP contribution in [0.15, 0.2) is 18.3 Å². The van der Waals surface area contributed by atoms with Gasteiger partial charge in [0.1, 0.15) is 0 Å². The summed E-state index contributed by atoms with van der Waals surface area (Å²) in [7, 11) is 0. The van der Waals surface area contributed by atoms with E-state index in [1.54, 1.807) is 0 Å². The fourth-order valence-corrected chi connectivity index (χ4v) is 6.28. The molecule has 3 rings (SSSR count). The number of aryl methyl sites for hydroxylation is 1. The van der Waals surface area contributed by atoms with Crippen molar-refractivity contribution in [2.45, 2.75) is 135 Å². The van der Waals surface area contributed by atoms with E-state index in [0.717, 1.165) is 23.7 Å². The molecule has 1 aromatic heterocycles. The van der Waals surface area contributed by atoms with Crippen molar-refractivity contribution in [3.63, 3.8) is 0 Å². The summed E-state index contributed by atoms with van der Waals surface area (Å²) in [5.74, 6) is 3.83. The zero-order valence-electron chi connectivity index (χ0n) is 20.2. The highest BCUT2D eigenvalue weighted by Gasteiger charge is 2.31. The lowest BCUT2D eigenvalue weighted by Gasteiger charge is -2.38. The average Bonchev–Trinajstić information content (AvgIpc) is 2.80. The minimum Gasteiger partial charge on any atom is -0.261 e. The van der Waals surface area contributed by atoms with Gasteiger partial charge in [-0.25, -0.2) is 0 Å². The van der Waals surface area contributed by atoms with Crippen LogP contribution in [-0.4, -0.2) is 4.98 Å². The van der Waals surface area contributed by atoms with Crippen molar-refractivity contribution in [3.05, 3.63) is 29.6 Å². The van der Waals surface area contributed by atoms with Gasteiger partial charge in [-0.1, -0.05) is 84.1 Å². The summed E-state index contributed by atoms with van der Waals surface area (Å²) in [6.45, 7) is 4.59. The molecule has 1 heterocycles. The van der Waals surface area contributed by atoms with E-state index in [9.17, 15) is 0 Å². The van der Waals surface area contributed by atoms with Crippen molar-refractivity contribution in [2.24, 2.45) is 17.8 Å². The Bertz CT molecular complexity index is 546. The van der Waals surface area contributed by atoms with Crippen LogP contribution in [0, 0.1) is 17.8 Å². The van der Waals surface area contributed by atoms with Crippen molar-refractivity contribution in [1.82, 2.24) is 4.98 Å². The van der Waals surface area contributed by atoms with Gasteiger partial charge in [0.15, 0.2) is 0 Å². The van der Waals surface area contributed by atoms with E-state index in [-0.39, 0.29) is 0 Å². The predicted molar refractivity (Wildman–Crippen MR) is 131 cm³/mol. The van der Waals surface area contributed by atoms with E-state index < -0.39 is 0 Å². The quantitative estimate of drug-likeness (QED) is 0.312. The topological polar surface area (TPSA) is 12.9 Å². The summed E-state index contributed by atoms with van der Waals surface area (Å²) in [5, 5.41) is 0. The molecule has 30 heavy (non-hydrogen) atoms. The molecule has 2 saturated carbocycles. The molecule has 0 saturated heterocycles. The zero-order chi connectivity index (χ0) is 21.0. The fourth-order valence-electron chi connectivity index (χ4n) is 6.28. The Hall–Kier alpha value is -0.850. The molecule has 170 valence electrons. The Kier molecular flexibility index (Phi) is 10.7. The lowest BCUT2D eigenvalue weighted by atomic mass is 9.68. The van der Waals surface area contributed by atoms with E-state index in [0.29, 0.717) is 0 Å². The smallest absolute Gasteiger partial charge is 0.0434 e. The molecule has 1 heteroatoms. The maximum absolute atomic E-state index is 4.88. The predicted octanol–water partition coefficient (Wildman–Crippen LogP) is 9.26. The zero-order valence-corrected chi connectivity index (χ0v) is 20.2. The number of hydrogen-bond acceptors (Lipinski definition) is 1. The number of pyridine rings is 1. The largest absolute Gasteiger partial charge is 0.261 e. The van der Waals surface area contributed by atoms with Gasteiger partial charge in [0, 0.05) is 17.8 Å². The molecule has 2 aliphatic rings. The Labute approximate surface area is 187 Å². The Morgan fingerprint density at radius 1 is 0.700 bits per heavy atom. The fraction of sp³-hybridized carbons (Fsp3) is 0.828. The normalized spacial score (nSPS) is 27.3. The van der Waals surface area contributed by atoms with Crippen molar-refractivity contribution >= 4 is 0 Å². The third kappa shape index (κ3) is 7.69. The minimum absolute atomic E-state index is 0.727. The Balaban J connectivity index is 1.33. The lowest BCUT2D eigenvalue weighted by molar-refractivity contribution is 0.155. The van der Waals surface area contributed by atoms with Gasteiger partial charge >= 0.3 is 0 Å². The second-order valence-electron chi connectivity index (χ2n) is 10.6. The summed E-state index contributed by atoms with van der Waals surface area (Å²) >= 11 is 0. The molecule has 1 nitrogen and oxygen atoms in total. The van der Waals surface area contributed by atoms with E-state index in [1.807, 2.05) is 0 Å². The Morgan fingerprint density at radius 2 is 1.33 bits per heavy atom. The monoisotopic (exact) mass is 411 g/mol. The van der Waals surface area contributed by atoms with Crippen molar-refractivity contribution in [1.29, 1.82) is 0 Å². The van der Waals surface area contributed by atoms with Crippen LogP contribution in [0.1, 0.15) is 140 Å². The first kappa shape index (κ1) is 23.8. The van der Waals surface area contributed by atoms with Gasteiger partial charge in [0.05, 0.1) is 0 Å². The van der Waals surface area contributed by atoms with Crippen LogP contribution in [0.5, 0.6) is 0 Å². The molecule has 0 amide bonds. The molecule has 0 atom stereocenters. The molecule has 0 spiro atoms. The molecule has 0 radical (unpaired) electrons. The van der Waals surface area contributed by atoms with Gasteiger partial charge in [-0.3, -0.25) is 4.98 Å². The van der Waals surface area contributed by atoms with Crippen LogP contribution in [0.4, 0.5) is 0 Å². The van der Waals surface area contributed by atoms with E-state index in [2.05, 4.69) is 32.2 Å². The molecule has 2 fully saturated rings. The van der Waals surface area contributed by atoms with Crippen LogP contribution < -0.4 is 0 Å². The van der Waals surface area contributed by atoms with E-state index in [1.165, 1.54) is 127 Å². The van der Waals surface area contributed by atoms with E-state index >= 15 is 0 Å². The molecular weight excluding hydrogens is 362 g/mol. The third-order valence-electron chi connectivity index (χ3n) is 8.38. The second kappa shape index (κ2) is 13.5. The molecule has 0 unspecified atom stereocenters. The first-order chi connectivity index (χ1) is 14.8. The maximum atomic E-state index is 4.88. The number of unbranched alkanes of at least 4 members (excludes halogenated alkanes) is 6. The molecular formula is C29H49N. The highest BCUT2D eigenvalue weighted by Crippen LogP contribution is 2.44. The van der Waals surface area contributed by atoms with Crippen molar-refractivity contribution < 1.29 is 0 Å². The second-order valence-corrected chi connectivity index (χ2v) is 10.6. The molecule has 1 aromatic rings. The summed E-state index contributed by atoms with van der Waals surface area (Å²) in [6, 6.07) is 4.70. The molecule has 0 aliphatic heterocycles. The highest BCUT2D eigenvalue weighted by atomic mass is 14.7. The standard InChI is InChI=1S/C29H49N/c1-3-5-7-8-10-11-24-13-16-26(17-14-24)27-18-20-28(21-19-27)29-22-15-25(23-30-29)12-9-6-4-2/h15,22-24,26-28H,3-14,16-21H2,1-2H3. The number of aromatic nitrogens is 1. The first-order valence-corrected chi connectivity index (χ1v) is 13.7. The van der Waals surface area contributed by atoms with Gasteiger partial charge in [0.25, 0.3) is 0 Å². The van der Waals surface area contributed by atoms with Crippen LogP contribution in [0.3, 0.4) is 0 Å². The summed E-state index contributed by atoms with van der Waals surface area (Å²) < 4.78 is 0. The van der Waals surface area contributed by atoms with Gasteiger partial charge < -0.3 is 0 Å². The summed E-state index contributed by atoms with van der Waals surface area (Å²) in [4.78, 5) is 4.88. The maximum Gasteiger partial charge on any atom is 0.0434 e.